The molecule has 1 N–H and O–H groups in total. The molecule has 1 fully saturated rings. The number of nitrogens with zero attached hydrogens (tertiary/aromatic N) is 1. The van der Waals surface area contributed by atoms with Gasteiger partial charge in [0.15, 0.2) is 0 Å². The van der Waals surface area contributed by atoms with Crippen molar-refractivity contribution in [3.8, 4) is 0 Å². The summed E-state index contributed by atoms with van der Waals surface area (Å²) < 4.78 is 5.09. The Morgan fingerprint density at radius 1 is 1.05 bits per heavy atom. The average molecular weight is 571 g/mol. The van der Waals surface area contributed by atoms with Gasteiger partial charge in [-0.25, -0.2) is 0 Å². The van der Waals surface area contributed by atoms with Gasteiger partial charge in [0.05, 0.1) is 18.6 Å². The molecule has 6 heteroatoms. The second-order valence-electron chi connectivity index (χ2n) is 12.7. The minimum Gasteiger partial charge on any atom is -0.466 e. The van der Waals surface area contributed by atoms with Crippen LogP contribution in [-0.2, 0) is 19.7 Å². The lowest BCUT2D eigenvalue weighted by atomic mass is 9.76. The van der Waals surface area contributed by atoms with Gasteiger partial charge < -0.3 is 15.0 Å². The van der Waals surface area contributed by atoms with E-state index in [1.165, 1.54) is 0 Å². The van der Waals surface area contributed by atoms with E-state index in [9.17, 15) is 14.4 Å². The number of nitrogens with one attached hydrogen (secondary N) is 1. The maximum absolute atomic E-state index is 14.2. The first kappa shape index (κ1) is 31.3. The SMILES string of the molecule is CCOC(=O)CCC1=CCC([C@H]2[C@@H](C(=O)Nc3cccc(C(C)(C)C)c3)CCCN2C(=O)c2c(C)cccc2C)C=C1. The molecule has 0 radical (unpaired) electrons. The van der Waals surface area contributed by atoms with E-state index in [0.717, 1.165) is 46.4 Å². The Kier molecular flexibility index (Phi) is 10.1. The van der Waals surface area contributed by atoms with Gasteiger partial charge in [-0.15, -0.1) is 0 Å². The van der Waals surface area contributed by atoms with Crippen molar-refractivity contribution in [3.63, 3.8) is 0 Å². The van der Waals surface area contributed by atoms with Gasteiger partial charge in [-0.05, 0) is 80.7 Å². The molecule has 1 aliphatic carbocycles. The van der Waals surface area contributed by atoms with Crippen LogP contribution in [0.5, 0.6) is 0 Å². The molecule has 0 aromatic heterocycles. The van der Waals surface area contributed by atoms with Gasteiger partial charge in [0.2, 0.25) is 5.91 Å². The number of carbonyl (C=O) groups is 3. The van der Waals surface area contributed by atoms with Crippen LogP contribution in [0.4, 0.5) is 5.69 Å². The van der Waals surface area contributed by atoms with Gasteiger partial charge in [-0.1, -0.05) is 74.9 Å². The molecular formula is C36H46N2O4. The second-order valence-corrected chi connectivity index (χ2v) is 12.7. The summed E-state index contributed by atoms with van der Waals surface area (Å²) in [6.45, 7) is 13.2. The van der Waals surface area contributed by atoms with Crippen LogP contribution < -0.4 is 5.32 Å². The van der Waals surface area contributed by atoms with Crippen molar-refractivity contribution in [2.75, 3.05) is 18.5 Å². The van der Waals surface area contributed by atoms with Gasteiger partial charge >= 0.3 is 5.97 Å². The second kappa shape index (κ2) is 13.5. The van der Waals surface area contributed by atoms with E-state index >= 15 is 0 Å². The molecule has 0 bridgehead atoms. The van der Waals surface area contributed by atoms with Crippen LogP contribution in [0.1, 0.15) is 86.8 Å². The number of hydrogen-bond acceptors (Lipinski definition) is 4. The van der Waals surface area contributed by atoms with Crippen molar-refractivity contribution in [1.29, 1.82) is 0 Å². The number of amides is 2. The number of aryl methyl sites for hydroxylation is 2. The molecule has 0 spiro atoms. The smallest absolute Gasteiger partial charge is 0.306 e. The van der Waals surface area contributed by atoms with E-state index in [-0.39, 0.29) is 41.1 Å². The maximum atomic E-state index is 14.2. The third kappa shape index (κ3) is 7.39. The fraction of sp³-hybridized carbons (Fsp3) is 0.472. The van der Waals surface area contributed by atoms with Gasteiger partial charge in [0, 0.05) is 30.1 Å². The number of ether oxygens (including phenoxy) is 1. The molecule has 1 aliphatic heterocycles. The molecule has 2 aliphatic rings. The van der Waals surface area contributed by atoms with Crippen LogP contribution >= 0.6 is 0 Å². The molecular weight excluding hydrogens is 524 g/mol. The van der Waals surface area contributed by atoms with Crippen LogP contribution in [0.2, 0.25) is 0 Å². The summed E-state index contributed by atoms with van der Waals surface area (Å²) in [5.41, 5.74) is 5.61. The zero-order valence-corrected chi connectivity index (χ0v) is 26.0. The van der Waals surface area contributed by atoms with Crippen LogP contribution in [0.25, 0.3) is 0 Å². The number of esters is 1. The zero-order valence-electron chi connectivity index (χ0n) is 26.0. The zero-order chi connectivity index (χ0) is 30.4. The molecule has 2 aromatic carbocycles. The predicted octanol–water partition coefficient (Wildman–Crippen LogP) is 7.31. The Morgan fingerprint density at radius 3 is 2.40 bits per heavy atom. The number of hydrogen-bond donors (Lipinski definition) is 1. The Balaban J connectivity index is 1.61. The molecule has 2 aromatic rings. The van der Waals surface area contributed by atoms with Crippen LogP contribution in [0.3, 0.4) is 0 Å². The molecule has 3 atom stereocenters. The lowest BCUT2D eigenvalue weighted by molar-refractivity contribution is -0.143. The number of rotatable bonds is 8. The Hall–Kier alpha value is -3.67. The first-order chi connectivity index (χ1) is 20.0. The number of allylic oxidation sites excluding steroid dienone is 3. The van der Waals surface area contributed by atoms with Crippen LogP contribution in [-0.4, -0.2) is 41.9 Å². The molecule has 1 saturated heterocycles. The van der Waals surface area contributed by atoms with E-state index in [1.54, 1.807) is 0 Å². The van der Waals surface area contributed by atoms with E-state index < -0.39 is 0 Å². The summed E-state index contributed by atoms with van der Waals surface area (Å²) in [5.74, 6) is -0.612. The first-order valence-corrected chi connectivity index (χ1v) is 15.3. The molecule has 2 amide bonds. The van der Waals surface area contributed by atoms with E-state index in [0.29, 0.717) is 32.4 Å². The molecule has 42 heavy (non-hydrogen) atoms. The van der Waals surface area contributed by atoms with E-state index in [2.05, 4.69) is 56.4 Å². The standard InChI is InChI=1S/C36H46N2O4/c1-7-42-31(39)21-18-26-16-19-27(20-17-26)33-30(34(40)37-29-14-9-13-28(23-29)36(4,5)6)15-10-22-38(33)35(41)32-24(2)11-8-12-25(32)3/h8-9,11-14,16-17,19,23,27,30,33H,7,10,15,18,20-22H2,1-6H3,(H,37,40)/t27?,30-,33-/m0/s1. The molecule has 1 unspecified atom stereocenters. The average Bonchev–Trinajstić information content (AvgIpc) is 2.95. The van der Waals surface area contributed by atoms with Gasteiger partial charge in [0.1, 0.15) is 0 Å². The van der Waals surface area contributed by atoms with E-state index in [1.807, 2.05) is 56.0 Å². The van der Waals surface area contributed by atoms with Crippen LogP contribution in [0, 0.1) is 25.7 Å². The lowest BCUT2D eigenvalue weighted by Crippen LogP contribution is -2.55. The number of likely N-dealkylation sites (tertiary alicyclic amines) is 1. The number of carbonyl (C=O) groups excluding carboxylic acids is 3. The summed E-state index contributed by atoms with van der Waals surface area (Å²) in [6.07, 6.45) is 9.51. The molecule has 4 rings (SSSR count). The molecule has 1 heterocycles. The van der Waals surface area contributed by atoms with Gasteiger partial charge in [-0.2, -0.15) is 0 Å². The van der Waals surface area contributed by atoms with E-state index in [4.69, 9.17) is 4.74 Å². The quantitative estimate of drug-likeness (QED) is 0.338. The van der Waals surface area contributed by atoms with Gasteiger partial charge in [0.25, 0.3) is 5.91 Å². The summed E-state index contributed by atoms with van der Waals surface area (Å²) >= 11 is 0. The number of benzene rings is 2. The highest BCUT2D eigenvalue weighted by Crippen LogP contribution is 2.37. The Labute approximate surface area is 251 Å². The summed E-state index contributed by atoms with van der Waals surface area (Å²) in [7, 11) is 0. The molecule has 6 nitrogen and oxygen atoms in total. The minimum absolute atomic E-state index is 0.00619. The van der Waals surface area contributed by atoms with Crippen LogP contribution in [0.15, 0.2) is 66.3 Å². The third-order valence-corrected chi connectivity index (χ3v) is 8.55. The third-order valence-electron chi connectivity index (χ3n) is 8.55. The van der Waals surface area contributed by atoms with Crippen molar-refractivity contribution in [2.45, 2.75) is 85.1 Å². The van der Waals surface area contributed by atoms with Gasteiger partial charge in [-0.3, -0.25) is 14.4 Å². The largest absolute Gasteiger partial charge is 0.466 e. The first-order valence-electron chi connectivity index (χ1n) is 15.3. The normalized spacial score (nSPS) is 20.6. The summed E-state index contributed by atoms with van der Waals surface area (Å²) in [6, 6.07) is 13.7. The topological polar surface area (TPSA) is 75.7 Å². The molecule has 0 saturated carbocycles. The summed E-state index contributed by atoms with van der Waals surface area (Å²) in [5, 5.41) is 3.20. The lowest BCUT2D eigenvalue weighted by Gasteiger charge is -2.44. The number of piperidine rings is 1. The van der Waals surface area contributed by atoms with Crippen molar-refractivity contribution < 1.29 is 19.1 Å². The highest BCUT2D eigenvalue weighted by atomic mass is 16.5. The van der Waals surface area contributed by atoms with Crippen molar-refractivity contribution in [2.24, 2.45) is 11.8 Å². The summed E-state index contributed by atoms with van der Waals surface area (Å²) in [4.78, 5) is 42.0. The Bertz CT molecular complexity index is 1350. The maximum Gasteiger partial charge on any atom is 0.306 e. The van der Waals surface area contributed by atoms with Crippen molar-refractivity contribution >= 4 is 23.5 Å². The fourth-order valence-corrected chi connectivity index (χ4v) is 6.26. The number of anilines is 1. The van der Waals surface area contributed by atoms with Crippen molar-refractivity contribution in [3.05, 3.63) is 88.5 Å². The monoisotopic (exact) mass is 570 g/mol. The highest BCUT2D eigenvalue weighted by Gasteiger charge is 2.43. The van der Waals surface area contributed by atoms with Crippen molar-refractivity contribution in [1.82, 2.24) is 4.90 Å². The fourth-order valence-electron chi connectivity index (χ4n) is 6.26. The Morgan fingerprint density at radius 2 is 1.76 bits per heavy atom. The molecule has 224 valence electrons. The minimum atomic E-state index is -0.352. The highest BCUT2D eigenvalue weighted by molar-refractivity contribution is 5.99. The predicted molar refractivity (Wildman–Crippen MR) is 168 cm³/mol.